The van der Waals surface area contributed by atoms with E-state index in [2.05, 4.69) is 15.0 Å². The molecule has 1 amide bonds. The van der Waals surface area contributed by atoms with Crippen LogP contribution in [-0.2, 0) is 10.9 Å². The second-order valence-corrected chi connectivity index (χ2v) is 7.70. The molecule has 1 N–H and O–H groups in total. The fourth-order valence-electron chi connectivity index (χ4n) is 3.48. The van der Waals surface area contributed by atoms with Gasteiger partial charge in [-0.05, 0) is 24.3 Å². The topological polar surface area (TPSA) is 71.1 Å². The smallest absolute Gasteiger partial charge is 0.434 e. The van der Waals surface area contributed by atoms with E-state index in [0.29, 0.717) is 16.7 Å². The monoisotopic (exact) mass is 448 g/mol. The van der Waals surface area contributed by atoms with E-state index in [1.807, 2.05) is 0 Å². The van der Waals surface area contributed by atoms with Crippen LogP contribution in [0.25, 0.3) is 21.6 Å². The molecule has 1 fully saturated rings. The number of hydrogen-bond donors (Lipinski definition) is 1. The van der Waals surface area contributed by atoms with Gasteiger partial charge >= 0.3 is 12.3 Å². The van der Waals surface area contributed by atoms with Gasteiger partial charge in [-0.3, -0.25) is 4.90 Å². The third kappa shape index (κ3) is 3.40. The summed E-state index contributed by atoms with van der Waals surface area (Å²) in [6.45, 7) is -0.0639. The van der Waals surface area contributed by atoms with E-state index in [9.17, 15) is 22.4 Å². The standard InChI is InChI=1S/C20H12F4N4O2S/c21-13-5-10(18-27-17(8-31-18)20(22,23)24)1-3-12(13)16-7-30-19(29)28(16)11-2-4-14-15(6-11)26-9-25-14/h1-6,8-9,16H,7H2,(H,25,26)/t16-/m1/s1. The van der Waals surface area contributed by atoms with Gasteiger partial charge < -0.3 is 9.72 Å². The van der Waals surface area contributed by atoms with E-state index in [-0.39, 0.29) is 22.7 Å². The molecule has 1 atom stereocenters. The fraction of sp³-hybridized carbons (Fsp3) is 0.150. The highest BCUT2D eigenvalue weighted by Crippen LogP contribution is 2.38. The number of thiazole rings is 1. The highest BCUT2D eigenvalue weighted by Gasteiger charge is 2.37. The highest BCUT2D eigenvalue weighted by atomic mass is 32.1. The number of halogens is 4. The first kappa shape index (κ1) is 19.5. The molecule has 0 bridgehead atoms. The van der Waals surface area contributed by atoms with Crippen molar-refractivity contribution in [2.75, 3.05) is 11.5 Å². The number of carbonyl (C=O) groups excluding carboxylic acids is 1. The third-order valence-corrected chi connectivity index (χ3v) is 5.85. The Hall–Kier alpha value is -3.47. The second kappa shape index (κ2) is 7.05. The summed E-state index contributed by atoms with van der Waals surface area (Å²) in [4.78, 5) is 24.3. The molecule has 1 aliphatic rings. The molecule has 0 radical (unpaired) electrons. The molecule has 3 heterocycles. The molecule has 4 aromatic rings. The SMILES string of the molecule is O=C1OC[C@H](c2ccc(-c3nc(C(F)(F)F)cs3)cc2F)N1c1ccc2nc[nH]c2c1. The number of cyclic esters (lactones) is 1. The summed E-state index contributed by atoms with van der Waals surface area (Å²) in [5.41, 5.74) is 1.31. The number of aromatic amines is 1. The summed E-state index contributed by atoms with van der Waals surface area (Å²) in [5, 5.41) is 0.941. The Kier molecular flexibility index (Phi) is 4.43. The number of carbonyl (C=O) groups is 1. The lowest BCUT2D eigenvalue weighted by molar-refractivity contribution is -0.140. The lowest BCUT2D eigenvalue weighted by Gasteiger charge is -2.22. The van der Waals surface area contributed by atoms with Crippen LogP contribution in [0.4, 0.5) is 28.0 Å². The second-order valence-electron chi connectivity index (χ2n) is 6.84. The number of fused-ring (bicyclic) bond motifs is 1. The molecule has 0 aliphatic carbocycles. The lowest BCUT2D eigenvalue weighted by atomic mass is 10.0. The summed E-state index contributed by atoms with van der Waals surface area (Å²) in [5.74, 6) is -0.669. The molecule has 2 aromatic heterocycles. The molecule has 0 spiro atoms. The van der Waals surface area contributed by atoms with Gasteiger partial charge in [-0.15, -0.1) is 11.3 Å². The van der Waals surface area contributed by atoms with Crippen LogP contribution in [0.15, 0.2) is 48.1 Å². The van der Waals surface area contributed by atoms with Crippen molar-refractivity contribution < 1.29 is 27.1 Å². The van der Waals surface area contributed by atoms with Gasteiger partial charge in [0.1, 0.15) is 23.5 Å². The van der Waals surface area contributed by atoms with Gasteiger partial charge in [0.25, 0.3) is 0 Å². The van der Waals surface area contributed by atoms with Gasteiger partial charge in [-0.25, -0.2) is 19.2 Å². The van der Waals surface area contributed by atoms with Gasteiger partial charge in [-0.1, -0.05) is 12.1 Å². The minimum atomic E-state index is -4.56. The number of alkyl halides is 3. The largest absolute Gasteiger partial charge is 0.447 e. The maximum absolute atomic E-state index is 15.0. The number of ether oxygens (including phenoxy) is 1. The summed E-state index contributed by atoms with van der Waals surface area (Å²) in [6.07, 6.45) is -3.66. The van der Waals surface area contributed by atoms with E-state index in [1.54, 1.807) is 18.2 Å². The number of amides is 1. The molecule has 0 saturated carbocycles. The minimum absolute atomic E-state index is 0.0538. The summed E-state index contributed by atoms with van der Waals surface area (Å²) < 4.78 is 58.5. The molecule has 11 heteroatoms. The van der Waals surface area contributed by atoms with E-state index >= 15 is 0 Å². The number of aromatic nitrogens is 3. The maximum Gasteiger partial charge on any atom is 0.434 e. The first-order valence-electron chi connectivity index (χ1n) is 9.03. The molecule has 6 nitrogen and oxygen atoms in total. The molecular weight excluding hydrogens is 436 g/mol. The van der Waals surface area contributed by atoms with Crippen LogP contribution in [0, 0.1) is 5.82 Å². The van der Waals surface area contributed by atoms with Gasteiger partial charge in [0.15, 0.2) is 5.69 Å². The van der Waals surface area contributed by atoms with Gasteiger partial charge in [0.2, 0.25) is 0 Å². The summed E-state index contributed by atoms with van der Waals surface area (Å²) in [7, 11) is 0. The molecule has 5 rings (SSSR count). The maximum atomic E-state index is 15.0. The zero-order valence-electron chi connectivity index (χ0n) is 15.5. The summed E-state index contributed by atoms with van der Waals surface area (Å²) >= 11 is 0.780. The predicted octanol–water partition coefficient (Wildman–Crippen LogP) is 5.54. The zero-order valence-corrected chi connectivity index (χ0v) is 16.3. The van der Waals surface area contributed by atoms with Gasteiger partial charge in [0, 0.05) is 16.5 Å². The van der Waals surface area contributed by atoms with Crippen molar-refractivity contribution in [3.63, 3.8) is 0 Å². The Balaban J connectivity index is 1.48. The van der Waals surface area contributed by atoms with Crippen molar-refractivity contribution in [3.8, 4) is 10.6 Å². The van der Waals surface area contributed by atoms with Gasteiger partial charge in [0.05, 0.1) is 23.0 Å². The van der Waals surface area contributed by atoms with Crippen molar-refractivity contribution in [3.05, 3.63) is 65.2 Å². The molecule has 1 aliphatic heterocycles. The fourth-order valence-corrected chi connectivity index (χ4v) is 4.30. The Bertz CT molecular complexity index is 1300. The van der Waals surface area contributed by atoms with Gasteiger partial charge in [-0.2, -0.15) is 13.2 Å². The molecule has 158 valence electrons. The van der Waals surface area contributed by atoms with Crippen LogP contribution < -0.4 is 4.90 Å². The Morgan fingerprint density at radius 2 is 2.03 bits per heavy atom. The molecular formula is C20H12F4N4O2S. The molecule has 1 saturated heterocycles. The van der Waals surface area contributed by atoms with Crippen LogP contribution >= 0.6 is 11.3 Å². The number of benzene rings is 2. The first-order valence-corrected chi connectivity index (χ1v) is 9.91. The van der Waals surface area contributed by atoms with Crippen molar-refractivity contribution in [2.24, 2.45) is 0 Å². The first-order chi connectivity index (χ1) is 14.8. The van der Waals surface area contributed by atoms with Crippen LogP contribution in [0.5, 0.6) is 0 Å². The van der Waals surface area contributed by atoms with E-state index in [1.165, 1.54) is 23.4 Å². The van der Waals surface area contributed by atoms with Crippen molar-refractivity contribution in [1.29, 1.82) is 0 Å². The highest BCUT2D eigenvalue weighted by molar-refractivity contribution is 7.13. The van der Waals surface area contributed by atoms with Crippen LogP contribution in [0.2, 0.25) is 0 Å². The number of H-pyrrole nitrogens is 1. The van der Waals surface area contributed by atoms with Crippen molar-refractivity contribution in [1.82, 2.24) is 15.0 Å². The lowest BCUT2D eigenvalue weighted by Crippen LogP contribution is -2.27. The van der Waals surface area contributed by atoms with Crippen LogP contribution in [0.1, 0.15) is 17.3 Å². The minimum Gasteiger partial charge on any atom is -0.447 e. The third-order valence-electron chi connectivity index (χ3n) is 4.96. The van der Waals surface area contributed by atoms with E-state index < -0.39 is 29.8 Å². The number of anilines is 1. The Morgan fingerprint density at radius 1 is 1.19 bits per heavy atom. The predicted molar refractivity (Wildman–Crippen MR) is 105 cm³/mol. The van der Waals surface area contributed by atoms with Crippen molar-refractivity contribution in [2.45, 2.75) is 12.2 Å². The molecule has 0 unspecified atom stereocenters. The number of imidazole rings is 1. The van der Waals surface area contributed by atoms with Crippen molar-refractivity contribution >= 4 is 34.2 Å². The zero-order chi connectivity index (χ0) is 21.8. The number of nitrogens with one attached hydrogen (secondary N) is 1. The Morgan fingerprint density at radius 3 is 2.77 bits per heavy atom. The number of rotatable bonds is 3. The van der Waals surface area contributed by atoms with Crippen LogP contribution in [-0.4, -0.2) is 27.7 Å². The Labute approximate surface area is 176 Å². The average Bonchev–Trinajstić information content (AvgIpc) is 3.46. The molecule has 31 heavy (non-hydrogen) atoms. The van der Waals surface area contributed by atoms with E-state index in [0.717, 1.165) is 22.8 Å². The quantitative estimate of drug-likeness (QED) is 0.418. The summed E-state index contributed by atoms with van der Waals surface area (Å²) in [6, 6.07) is 8.43. The normalized spacial score (nSPS) is 16.8. The average molecular weight is 448 g/mol. The van der Waals surface area contributed by atoms with Crippen LogP contribution in [0.3, 0.4) is 0 Å². The van der Waals surface area contributed by atoms with E-state index in [4.69, 9.17) is 4.74 Å². The number of hydrogen-bond acceptors (Lipinski definition) is 5. The number of nitrogens with zero attached hydrogens (tertiary/aromatic N) is 3. The molecule has 2 aromatic carbocycles.